The van der Waals surface area contributed by atoms with Gasteiger partial charge in [0.2, 0.25) is 0 Å². The number of nitrogens with zero attached hydrogens (tertiary/aromatic N) is 1. The molecule has 0 N–H and O–H groups in total. The first kappa shape index (κ1) is 22.5. The minimum atomic E-state index is 0.0962. The van der Waals surface area contributed by atoms with E-state index in [2.05, 4.69) is 114 Å². The third-order valence-corrected chi connectivity index (χ3v) is 8.12. The SMILES string of the molecule is CC(C)(C)Cc1c2ccccc2cc2c3nccc4c5ccc(C(C)(C)C)cc5c5cccc(c12)c5c43. The van der Waals surface area contributed by atoms with Crippen molar-refractivity contribution in [1.82, 2.24) is 4.98 Å². The lowest BCUT2D eigenvalue weighted by Gasteiger charge is -2.24. The predicted octanol–water partition coefficient (Wildman–Crippen LogP) is 10.3. The number of hydrogen-bond acceptors (Lipinski definition) is 1. The van der Waals surface area contributed by atoms with E-state index < -0.39 is 0 Å². The van der Waals surface area contributed by atoms with Gasteiger partial charge in [0.05, 0.1) is 5.52 Å². The molecule has 0 amide bonds. The molecule has 0 saturated heterocycles. The second kappa shape index (κ2) is 7.42. The molecule has 0 spiro atoms. The van der Waals surface area contributed by atoms with Crippen LogP contribution in [0.4, 0.5) is 0 Å². The summed E-state index contributed by atoms with van der Waals surface area (Å²) >= 11 is 0. The molecule has 1 heterocycles. The molecule has 0 bridgehead atoms. The number of pyridine rings is 1. The van der Waals surface area contributed by atoms with Crippen molar-refractivity contribution in [2.24, 2.45) is 5.41 Å². The zero-order valence-electron chi connectivity index (χ0n) is 22.7. The Hall–Kier alpha value is -3.71. The Morgan fingerprint density at radius 2 is 1.30 bits per heavy atom. The normalized spacial score (nSPS) is 13.2. The molecule has 0 saturated carbocycles. The molecule has 1 nitrogen and oxygen atoms in total. The minimum absolute atomic E-state index is 0.0962. The summed E-state index contributed by atoms with van der Waals surface area (Å²) < 4.78 is 0. The van der Waals surface area contributed by atoms with Gasteiger partial charge in [-0.05, 0) is 89.7 Å². The smallest absolute Gasteiger partial charge is 0.0793 e. The fourth-order valence-electron chi connectivity index (χ4n) is 6.50. The standard InChI is InChI=1S/C36H33N/c1-35(2,3)20-30-23-11-8-7-10-21(23)18-29-31(30)27-13-9-12-25-28-19-22(36(4,5)6)14-15-24(28)26-16-17-37-34(29)33(26)32(25)27/h7-19H,20H2,1-6H3. The zero-order valence-corrected chi connectivity index (χ0v) is 22.7. The van der Waals surface area contributed by atoms with Crippen molar-refractivity contribution in [2.45, 2.75) is 53.4 Å². The molecule has 1 aromatic heterocycles. The molecule has 0 atom stereocenters. The summed E-state index contributed by atoms with van der Waals surface area (Å²) in [6, 6.07) is 27.5. The quantitative estimate of drug-likeness (QED) is 0.169. The maximum Gasteiger partial charge on any atom is 0.0793 e. The Bertz CT molecular complexity index is 2010. The van der Waals surface area contributed by atoms with Crippen molar-refractivity contribution in [1.29, 1.82) is 0 Å². The molecule has 1 heteroatoms. The van der Waals surface area contributed by atoms with Gasteiger partial charge in [-0.1, -0.05) is 96.1 Å². The van der Waals surface area contributed by atoms with Crippen LogP contribution in [0, 0.1) is 5.41 Å². The summed E-state index contributed by atoms with van der Waals surface area (Å²) in [6.07, 6.45) is 3.02. The van der Waals surface area contributed by atoms with Gasteiger partial charge in [-0.15, -0.1) is 0 Å². The van der Waals surface area contributed by atoms with E-state index in [1.165, 1.54) is 70.4 Å². The average molecular weight is 480 g/mol. The van der Waals surface area contributed by atoms with Gasteiger partial charge in [0, 0.05) is 22.4 Å². The van der Waals surface area contributed by atoms with E-state index in [1.807, 2.05) is 6.20 Å². The van der Waals surface area contributed by atoms with Crippen molar-refractivity contribution in [3.63, 3.8) is 0 Å². The Labute approximate surface area is 218 Å². The largest absolute Gasteiger partial charge is 0.256 e. The molecule has 0 aliphatic heterocycles. The molecule has 0 aliphatic rings. The van der Waals surface area contributed by atoms with E-state index in [4.69, 9.17) is 4.98 Å². The van der Waals surface area contributed by atoms with E-state index in [0.717, 1.165) is 11.9 Å². The number of aromatic nitrogens is 1. The molecule has 0 radical (unpaired) electrons. The third-order valence-electron chi connectivity index (χ3n) is 8.12. The molecule has 7 rings (SSSR count). The van der Waals surface area contributed by atoms with Gasteiger partial charge in [-0.25, -0.2) is 0 Å². The van der Waals surface area contributed by atoms with Crippen LogP contribution in [0.25, 0.3) is 64.8 Å². The number of rotatable bonds is 1. The number of hydrogen-bond donors (Lipinski definition) is 0. The highest BCUT2D eigenvalue weighted by molar-refractivity contribution is 6.40. The predicted molar refractivity (Wildman–Crippen MR) is 162 cm³/mol. The van der Waals surface area contributed by atoms with Gasteiger partial charge < -0.3 is 0 Å². The molecule has 37 heavy (non-hydrogen) atoms. The van der Waals surface area contributed by atoms with Crippen molar-refractivity contribution < 1.29 is 0 Å². The maximum absolute atomic E-state index is 5.07. The molecular weight excluding hydrogens is 446 g/mol. The van der Waals surface area contributed by atoms with Crippen molar-refractivity contribution in [2.75, 3.05) is 0 Å². The fraction of sp³-hybridized carbons (Fsp3) is 0.250. The van der Waals surface area contributed by atoms with Crippen LogP contribution < -0.4 is 0 Å². The van der Waals surface area contributed by atoms with E-state index in [-0.39, 0.29) is 10.8 Å². The zero-order chi connectivity index (χ0) is 25.7. The number of benzene rings is 6. The molecule has 0 unspecified atom stereocenters. The number of fused-ring (bicyclic) bond motifs is 7. The molecule has 182 valence electrons. The summed E-state index contributed by atoms with van der Waals surface area (Å²) in [7, 11) is 0. The molecule has 0 fully saturated rings. The summed E-state index contributed by atoms with van der Waals surface area (Å²) in [5.74, 6) is 0. The van der Waals surface area contributed by atoms with Crippen molar-refractivity contribution >= 4 is 64.8 Å². The van der Waals surface area contributed by atoms with Crippen molar-refractivity contribution in [3.8, 4) is 0 Å². The summed E-state index contributed by atoms with van der Waals surface area (Å²) in [5.41, 5.74) is 4.20. The topological polar surface area (TPSA) is 12.9 Å². The molecule has 6 aromatic carbocycles. The lowest BCUT2D eigenvalue weighted by Crippen LogP contribution is -2.11. The lowest BCUT2D eigenvalue weighted by atomic mass is 9.80. The summed E-state index contributed by atoms with van der Waals surface area (Å²) in [5, 5.41) is 14.6. The Kier molecular flexibility index (Phi) is 4.51. The first-order valence-corrected chi connectivity index (χ1v) is 13.4. The Balaban J connectivity index is 1.80. The fourth-order valence-corrected chi connectivity index (χ4v) is 6.50. The van der Waals surface area contributed by atoms with E-state index in [1.54, 1.807) is 0 Å². The van der Waals surface area contributed by atoms with Crippen LogP contribution in [0.1, 0.15) is 52.7 Å². The summed E-state index contributed by atoms with van der Waals surface area (Å²) in [4.78, 5) is 5.07. The molecule has 0 aliphatic carbocycles. The highest BCUT2D eigenvalue weighted by Gasteiger charge is 2.23. The van der Waals surface area contributed by atoms with Gasteiger partial charge in [-0.2, -0.15) is 0 Å². The summed E-state index contributed by atoms with van der Waals surface area (Å²) in [6.45, 7) is 13.9. The Morgan fingerprint density at radius 1 is 0.568 bits per heavy atom. The van der Waals surface area contributed by atoms with Crippen LogP contribution in [0.15, 0.2) is 79.0 Å². The van der Waals surface area contributed by atoms with Crippen LogP contribution in [0.3, 0.4) is 0 Å². The highest BCUT2D eigenvalue weighted by atomic mass is 14.7. The first-order valence-electron chi connectivity index (χ1n) is 13.4. The van der Waals surface area contributed by atoms with Gasteiger partial charge in [0.15, 0.2) is 0 Å². The van der Waals surface area contributed by atoms with Gasteiger partial charge in [0.1, 0.15) is 0 Å². The van der Waals surface area contributed by atoms with Gasteiger partial charge >= 0.3 is 0 Å². The highest BCUT2D eigenvalue weighted by Crippen LogP contribution is 2.47. The molecule has 7 aromatic rings. The molecular formula is C36H33N. The average Bonchev–Trinajstić information content (AvgIpc) is 2.86. The van der Waals surface area contributed by atoms with Crippen LogP contribution >= 0.6 is 0 Å². The second-order valence-corrected chi connectivity index (χ2v) is 13.1. The second-order valence-electron chi connectivity index (χ2n) is 13.1. The van der Waals surface area contributed by atoms with Crippen molar-refractivity contribution in [3.05, 3.63) is 90.1 Å². The van der Waals surface area contributed by atoms with Crippen LogP contribution in [0.2, 0.25) is 0 Å². The maximum atomic E-state index is 5.07. The monoisotopic (exact) mass is 479 g/mol. The van der Waals surface area contributed by atoms with E-state index in [9.17, 15) is 0 Å². The van der Waals surface area contributed by atoms with Gasteiger partial charge in [-0.3, -0.25) is 4.98 Å². The third kappa shape index (κ3) is 3.26. The van der Waals surface area contributed by atoms with Crippen LogP contribution in [-0.4, -0.2) is 4.98 Å². The van der Waals surface area contributed by atoms with Crippen LogP contribution in [0.5, 0.6) is 0 Å². The van der Waals surface area contributed by atoms with Gasteiger partial charge in [0.25, 0.3) is 0 Å². The van der Waals surface area contributed by atoms with Crippen LogP contribution in [-0.2, 0) is 11.8 Å². The van der Waals surface area contributed by atoms with E-state index >= 15 is 0 Å². The Morgan fingerprint density at radius 3 is 2.08 bits per heavy atom. The first-order chi connectivity index (χ1) is 17.6. The minimum Gasteiger partial charge on any atom is -0.256 e. The lowest BCUT2D eigenvalue weighted by molar-refractivity contribution is 0.414. The van der Waals surface area contributed by atoms with E-state index in [0.29, 0.717) is 0 Å².